The predicted octanol–water partition coefficient (Wildman–Crippen LogP) is 4.55. The van der Waals surface area contributed by atoms with Crippen LogP contribution in [-0.4, -0.2) is 5.11 Å². The number of thiophene rings is 1. The van der Waals surface area contributed by atoms with Crippen LogP contribution >= 0.6 is 43.2 Å². The average molecular weight is 362 g/mol. The minimum absolute atomic E-state index is 0.443. The molecule has 1 heterocycles. The molecule has 0 aliphatic rings. The average Bonchev–Trinajstić information content (AvgIpc) is 2.68. The standard InChI is InChI=1S/C12H10Br2OS/c13-10-4-2-1-3-8(10)5-11(15)9-6-12(14)16-7-9/h1-4,6-7,11,15H,5H2. The lowest BCUT2D eigenvalue weighted by Crippen LogP contribution is -2.00. The quantitative estimate of drug-likeness (QED) is 0.850. The highest BCUT2D eigenvalue weighted by Gasteiger charge is 2.11. The van der Waals surface area contributed by atoms with E-state index in [2.05, 4.69) is 31.9 Å². The molecule has 1 aromatic heterocycles. The molecule has 1 unspecified atom stereocenters. The van der Waals surface area contributed by atoms with Crippen molar-refractivity contribution in [3.63, 3.8) is 0 Å². The predicted molar refractivity (Wildman–Crippen MR) is 74.8 cm³/mol. The summed E-state index contributed by atoms with van der Waals surface area (Å²) in [6.45, 7) is 0. The molecule has 0 aliphatic carbocycles. The summed E-state index contributed by atoms with van der Waals surface area (Å²) in [6, 6.07) is 9.93. The van der Waals surface area contributed by atoms with Gasteiger partial charge in [-0.25, -0.2) is 0 Å². The molecule has 0 radical (unpaired) electrons. The Morgan fingerprint density at radius 3 is 2.62 bits per heavy atom. The first-order valence-corrected chi connectivity index (χ1v) is 7.29. The summed E-state index contributed by atoms with van der Waals surface area (Å²) < 4.78 is 2.09. The molecule has 0 aliphatic heterocycles. The Labute approximate surface area is 115 Å². The second-order valence-electron chi connectivity index (χ2n) is 3.50. The second kappa shape index (κ2) is 5.45. The summed E-state index contributed by atoms with van der Waals surface area (Å²) >= 11 is 8.48. The van der Waals surface area contributed by atoms with Gasteiger partial charge in [0.1, 0.15) is 0 Å². The van der Waals surface area contributed by atoms with Crippen molar-refractivity contribution < 1.29 is 5.11 Å². The molecule has 0 fully saturated rings. The fourth-order valence-corrected chi connectivity index (χ4v) is 3.16. The maximum Gasteiger partial charge on any atom is 0.0839 e. The fraction of sp³-hybridized carbons (Fsp3) is 0.167. The highest BCUT2D eigenvalue weighted by atomic mass is 79.9. The molecular formula is C12H10Br2OS. The molecule has 2 aromatic rings. The molecule has 1 aromatic carbocycles. The van der Waals surface area contributed by atoms with Gasteiger partial charge in [0, 0.05) is 10.9 Å². The molecule has 16 heavy (non-hydrogen) atoms. The Bertz CT molecular complexity index is 481. The molecule has 1 nitrogen and oxygen atoms in total. The van der Waals surface area contributed by atoms with Crippen LogP contribution in [0.2, 0.25) is 0 Å². The monoisotopic (exact) mass is 360 g/mol. The summed E-state index contributed by atoms with van der Waals surface area (Å²) in [5.41, 5.74) is 2.09. The summed E-state index contributed by atoms with van der Waals surface area (Å²) in [7, 11) is 0. The normalized spacial score (nSPS) is 12.7. The molecule has 0 spiro atoms. The second-order valence-corrected chi connectivity index (χ2v) is 6.64. The SMILES string of the molecule is OC(Cc1ccccc1Br)c1csc(Br)c1. The molecule has 1 atom stereocenters. The van der Waals surface area contributed by atoms with Crippen LogP contribution in [-0.2, 0) is 6.42 Å². The van der Waals surface area contributed by atoms with Crippen molar-refractivity contribution in [1.29, 1.82) is 0 Å². The highest BCUT2D eigenvalue weighted by Crippen LogP contribution is 2.28. The Hall–Kier alpha value is -0.160. The van der Waals surface area contributed by atoms with E-state index in [4.69, 9.17) is 0 Å². The van der Waals surface area contributed by atoms with E-state index in [1.54, 1.807) is 11.3 Å². The molecule has 4 heteroatoms. The van der Waals surface area contributed by atoms with Crippen LogP contribution in [0.5, 0.6) is 0 Å². The van der Waals surface area contributed by atoms with E-state index in [9.17, 15) is 5.11 Å². The van der Waals surface area contributed by atoms with Gasteiger partial charge in [-0.1, -0.05) is 34.1 Å². The van der Waals surface area contributed by atoms with Gasteiger partial charge in [0.25, 0.3) is 0 Å². The van der Waals surface area contributed by atoms with Crippen LogP contribution in [0.4, 0.5) is 0 Å². The summed E-state index contributed by atoms with van der Waals surface area (Å²) in [5, 5.41) is 12.1. The smallest absolute Gasteiger partial charge is 0.0839 e. The van der Waals surface area contributed by atoms with Gasteiger partial charge >= 0.3 is 0 Å². The van der Waals surface area contributed by atoms with Crippen LogP contribution < -0.4 is 0 Å². The first-order chi connectivity index (χ1) is 7.66. The first kappa shape index (κ1) is 12.3. The van der Waals surface area contributed by atoms with Crippen LogP contribution in [0.1, 0.15) is 17.2 Å². The lowest BCUT2D eigenvalue weighted by Gasteiger charge is -2.10. The van der Waals surface area contributed by atoms with E-state index >= 15 is 0 Å². The van der Waals surface area contributed by atoms with Crippen molar-refractivity contribution in [2.45, 2.75) is 12.5 Å². The number of benzene rings is 1. The maximum absolute atomic E-state index is 10.1. The van der Waals surface area contributed by atoms with Crippen molar-refractivity contribution in [2.24, 2.45) is 0 Å². The van der Waals surface area contributed by atoms with Crippen LogP contribution in [0.15, 0.2) is 44.0 Å². The lowest BCUT2D eigenvalue weighted by atomic mass is 10.0. The Morgan fingerprint density at radius 2 is 2.00 bits per heavy atom. The van der Waals surface area contributed by atoms with Crippen molar-refractivity contribution in [1.82, 2.24) is 0 Å². The molecule has 84 valence electrons. The lowest BCUT2D eigenvalue weighted by molar-refractivity contribution is 0.178. The third-order valence-electron chi connectivity index (χ3n) is 2.34. The summed E-state index contributed by atoms with van der Waals surface area (Å²) in [4.78, 5) is 0. The van der Waals surface area contributed by atoms with E-state index < -0.39 is 6.10 Å². The minimum atomic E-state index is -0.443. The highest BCUT2D eigenvalue weighted by molar-refractivity contribution is 9.11. The number of halogens is 2. The van der Waals surface area contributed by atoms with Crippen molar-refractivity contribution in [3.05, 3.63) is 55.1 Å². The van der Waals surface area contributed by atoms with Gasteiger partial charge < -0.3 is 5.11 Å². The topological polar surface area (TPSA) is 20.2 Å². The van der Waals surface area contributed by atoms with E-state index in [1.807, 2.05) is 35.7 Å². The van der Waals surface area contributed by atoms with E-state index in [1.165, 1.54) is 0 Å². The summed E-state index contributed by atoms with van der Waals surface area (Å²) in [5.74, 6) is 0. The van der Waals surface area contributed by atoms with Gasteiger partial charge in [0.15, 0.2) is 0 Å². The van der Waals surface area contributed by atoms with E-state index in [0.29, 0.717) is 6.42 Å². The van der Waals surface area contributed by atoms with Crippen LogP contribution in [0, 0.1) is 0 Å². The van der Waals surface area contributed by atoms with Crippen molar-refractivity contribution in [2.75, 3.05) is 0 Å². The maximum atomic E-state index is 10.1. The van der Waals surface area contributed by atoms with E-state index in [-0.39, 0.29) is 0 Å². The Morgan fingerprint density at radius 1 is 1.25 bits per heavy atom. The number of aliphatic hydroxyl groups excluding tert-OH is 1. The van der Waals surface area contributed by atoms with Gasteiger partial charge in [-0.2, -0.15) is 0 Å². The molecule has 0 bridgehead atoms. The molecule has 2 rings (SSSR count). The van der Waals surface area contributed by atoms with Gasteiger partial charge in [-0.15, -0.1) is 11.3 Å². The Balaban J connectivity index is 2.13. The summed E-state index contributed by atoms with van der Waals surface area (Å²) in [6.07, 6.45) is 0.186. The zero-order chi connectivity index (χ0) is 11.5. The van der Waals surface area contributed by atoms with Crippen LogP contribution in [0.3, 0.4) is 0 Å². The fourth-order valence-electron chi connectivity index (χ4n) is 1.49. The van der Waals surface area contributed by atoms with Crippen molar-refractivity contribution >= 4 is 43.2 Å². The van der Waals surface area contributed by atoms with Gasteiger partial charge in [-0.3, -0.25) is 0 Å². The number of hydrogen-bond donors (Lipinski definition) is 1. The molecule has 0 amide bonds. The number of hydrogen-bond acceptors (Lipinski definition) is 2. The molecular weight excluding hydrogens is 352 g/mol. The zero-order valence-corrected chi connectivity index (χ0v) is 12.3. The van der Waals surface area contributed by atoms with E-state index in [0.717, 1.165) is 19.4 Å². The van der Waals surface area contributed by atoms with Crippen LogP contribution in [0.25, 0.3) is 0 Å². The zero-order valence-electron chi connectivity index (χ0n) is 8.36. The van der Waals surface area contributed by atoms with Gasteiger partial charge in [0.2, 0.25) is 0 Å². The van der Waals surface area contributed by atoms with Gasteiger partial charge in [-0.05, 0) is 44.6 Å². The Kier molecular flexibility index (Phi) is 4.19. The largest absolute Gasteiger partial charge is 0.388 e. The third-order valence-corrected chi connectivity index (χ3v) is 4.64. The third kappa shape index (κ3) is 2.94. The molecule has 0 saturated carbocycles. The van der Waals surface area contributed by atoms with Gasteiger partial charge in [0.05, 0.1) is 9.89 Å². The first-order valence-electron chi connectivity index (χ1n) is 4.82. The number of aliphatic hydroxyl groups is 1. The van der Waals surface area contributed by atoms with Crippen molar-refractivity contribution in [3.8, 4) is 0 Å². The molecule has 1 N–H and O–H groups in total. The molecule has 0 saturated heterocycles. The minimum Gasteiger partial charge on any atom is -0.388 e. The number of rotatable bonds is 3.